The van der Waals surface area contributed by atoms with E-state index in [9.17, 15) is 0 Å². The number of nitrogens with zero attached hydrogens (tertiary/aromatic N) is 4. The van der Waals surface area contributed by atoms with Crippen LogP contribution in [-0.2, 0) is 11.8 Å². The molecule has 6 heteroatoms. The molecule has 2 atom stereocenters. The number of aromatic nitrogens is 3. The number of ether oxygens (including phenoxy) is 1. The maximum atomic E-state index is 5.76. The standard InChI is InChI=1S/C12H23N5O/c1-4-17-5-6-18-11(8-17)7-13-10(2)12-15-14-9-16(12)3/h9-11,13H,4-8H2,1-3H3. The largest absolute Gasteiger partial charge is 0.374 e. The maximum absolute atomic E-state index is 5.76. The fraction of sp³-hybridized carbons (Fsp3) is 0.833. The SMILES string of the molecule is CCN1CCOC(CNC(C)c2nncn2C)C1. The molecule has 0 aromatic carbocycles. The molecule has 0 spiro atoms. The van der Waals surface area contributed by atoms with Crippen molar-refractivity contribution < 1.29 is 4.74 Å². The number of hydrogen-bond acceptors (Lipinski definition) is 5. The molecule has 1 N–H and O–H groups in total. The van der Waals surface area contributed by atoms with E-state index >= 15 is 0 Å². The first-order chi connectivity index (χ1) is 8.70. The van der Waals surface area contributed by atoms with Crippen molar-refractivity contribution in [1.82, 2.24) is 25.0 Å². The van der Waals surface area contributed by atoms with Crippen molar-refractivity contribution >= 4 is 0 Å². The van der Waals surface area contributed by atoms with Crippen LogP contribution in [0.3, 0.4) is 0 Å². The molecule has 2 rings (SSSR count). The van der Waals surface area contributed by atoms with Crippen LogP contribution < -0.4 is 5.32 Å². The van der Waals surface area contributed by atoms with E-state index in [0.29, 0.717) is 0 Å². The fourth-order valence-electron chi connectivity index (χ4n) is 2.27. The summed E-state index contributed by atoms with van der Waals surface area (Å²) in [6.07, 6.45) is 2.00. The number of morpholine rings is 1. The molecule has 2 heterocycles. The number of hydrogen-bond donors (Lipinski definition) is 1. The highest BCUT2D eigenvalue weighted by Gasteiger charge is 2.20. The van der Waals surface area contributed by atoms with Gasteiger partial charge < -0.3 is 14.6 Å². The van der Waals surface area contributed by atoms with Crippen molar-refractivity contribution in [2.75, 3.05) is 32.8 Å². The molecule has 2 unspecified atom stereocenters. The van der Waals surface area contributed by atoms with Gasteiger partial charge in [0.05, 0.1) is 18.8 Å². The van der Waals surface area contributed by atoms with Gasteiger partial charge in [-0.1, -0.05) is 6.92 Å². The van der Waals surface area contributed by atoms with Crippen LogP contribution in [-0.4, -0.2) is 58.6 Å². The number of likely N-dealkylation sites (N-methyl/N-ethyl adjacent to an activating group) is 1. The molecule has 0 aliphatic carbocycles. The van der Waals surface area contributed by atoms with Crippen LogP contribution in [0.15, 0.2) is 6.33 Å². The lowest BCUT2D eigenvalue weighted by Crippen LogP contribution is -2.46. The predicted molar refractivity (Wildman–Crippen MR) is 69.3 cm³/mol. The van der Waals surface area contributed by atoms with Crippen molar-refractivity contribution in [3.05, 3.63) is 12.2 Å². The fourth-order valence-corrected chi connectivity index (χ4v) is 2.27. The van der Waals surface area contributed by atoms with Crippen LogP contribution in [0.4, 0.5) is 0 Å². The van der Waals surface area contributed by atoms with E-state index in [-0.39, 0.29) is 12.1 Å². The summed E-state index contributed by atoms with van der Waals surface area (Å²) in [4.78, 5) is 2.42. The lowest BCUT2D eigenvalue weighted by molar-refractivity contribution is -0.0263. The summed E-state index contributed by atoms with van der Waals surface area (Å²) in [6.45, 7) is 9.13. The highest BCUT2D eigenvalue weighted by atomic mass is 16.5. The summed E-state index contributed by atoms with van der Waals surface area (Å²) in [5.41, 5.74) is 0. The topological polar surface area (TPSA) is 55.2 Å². The molecule has 1 saturated heterocycles. The smallest absolute Gasteiger partial charge is 0.149 e. The maximum Gasteiger partial charge on any atom is 0.149 e. The Kier molecular flexibility index (Phi) is 4.68. The molecule has 6 nitrogen and oxygen atoms in total. The van der Waals surface area contributed by atoms with Crippen molar-refractivity contribution in [1.29, 1.82) is 0 Å². The van der Waals surface area contributed by atoms with Gasteiger partial charge in [-0.15, -0.1) is 10.2 Å². The number of nitrogens with one attached hydrogen (secondary N) is 1. The molecule has 1 aromatic heterocycles. The third-order valence-electron chi connectivity index (χ3n) is 3.46. The van der Waals surface area contributed by atoms with Gasteiger partial charge in [-0.2, -0.15) is 0 Å². The molecule has 1 fully saturated rings. The van der Waals surface area contributed by atoms with E-state index in [1.165, 1.54) is 0 Å². The quantitative estimate of drug-likeness (QED) is 0.811. The van der Waals surface area contributed by atoms with E-state index in [1.54, 1.807) is 6.33 Å². The zero-order chi connectivity index (χ0) is 13.0. The van der Waals surface area contributed by atoms with E-state index < -0.39 is 0 Å². The van der Waals surface area contributed by atoms with Crippen LogP contribution in [0.25, 0.3) is 0 Å². The van der Waals surface area contributed by atoms with E-state index in [4.69, 9.17) is 4.74 Å². The summed E-state index contributed by atoms with van der Waals surface area (Å²) in [6, 6.07) is 0.193. The molecule has 1 aromatic rings. The van der Waals surface area contributed by atoms with Crippen LogP contribution >= 0.6 is 0 Å². The third-order valence-corrected chi connectivity index (χ3v) is 3.46. The highest BCUT2D eigenvalue weighted by molar-refractivity contribution is 4.92. The van der Waals surface area contributed by atoms with Gasteiger partial charge in [0.15, 0.2) is 0 Å². The van der Waals surface area contributed by atoms with Gasteiger partial charge in [-0.3, -0.25) is 4.90 Å². The van der Waals surface area contributed by atoms with Crippen molar-refractivity contribution in [2.45, 2.75) is 26.0 Å². The summed E-state index contributed by atoms with van der Waals surface area (Å²) in [5.74, 6) is 0.957. The highest BCUT2D eigenvalue weighted by Crippen LogP contribution is 2.09. The molecule has 18 heavy (non-hydrogen) atoms. The zero-order valence-electron chi connectivity index (χ0n) is 11.5. The first-order valence-corrected chi connectivity index (χ1v) is 6.62. The average Bonchev–Trinajstić information content (AvgIpc) is 2.82. The molecule has 0 amide bonds. The van der Waals surface area contributed by atoms with Gasteiger partial charge in [0, 0.05) is 26.7 Å². The predicted octanol–water partition coefficient (Wildman–Crippen LogP) is 0.186. The minimum atomic E-state index is 0.193. The molecular formula is C12H23N5O. The van der Waals surface area contributed by atoms with Gasteiger partial charge >= 0.3 is 0 Å². The Bertz CT molecular complexity index is 367. The van der Waals surface area contributed by atoms with Crippen LogP contribution in [0.1, 0.15) is 25.7 Å². The van der Waals surface area contributed by atoms with Crippen LogP contribution in [0.2, 0.25) is 0 Å². The van der Waals surface area contributed by atoms with Gasteiger partial charge in [-0.25, -0.2) is 0 Å². The Balaban J connectivity index is 1.79. The van der Waals surface area contributed by atoms with E-state index in [1.807, 2.05) is 11.6 Å². The monoisotopic (exact) mass is 253 g/mol. The van der Waals surface area contributed by atoms with Gasteiger partial charge in [0.25, 0.3) is 0 Å². The summed E-state index contributed by atoms with van der Waals surface area (Å²) in [5, 5.41) is 11.5. The molecule has 1 aliphatic heterocycles. The van der Waals surface area contributed by atoms with Crippen molar-refractivity contribution in [3.63, 3.8) is 0 Å². The Morgan fingerprint density at radius 3 is 3.11 bits per heavy atom. The molecule has 0 radical (unpaired) electrons. The second kappa shape index (κ2) is 6.26. The van der Waals surface area contributed by atoms with Crippen molar-refractivity contribution in [3.8, 4) is 0 Å². The second-order valence-corrected chi connectivity index (χ2v) is 4.82. The summed E-state index contributed by atoms with van der Waals surface area (Å²) >= 11 is 0. The number of rotatable bonds is 5. The first-order valence-electron chi connectivity index (χ1n) is 6.62. The van der Waals surface area contributed by atoms with Gasteiger partial charge in [0.2, 0.25) is 0 Å². The Labute approximate surface area is 108 Å². The molecular weight excluding hydrogens is 230 g/mol. The average molecular weight is 253 g/mol. The van der Waals surface area contributed by atoms with Gasteiger partial charge in [0.1, 0.15) is 12.2 Å². The lowest BCUT2D eigenvalue weighted by Gasteiger charge is -2.32. The molecule has 0 bridgehead atoms. The summed E-state index contributed by atoms with van der Waals surface area (Å²) < 4.78 is 7.70. The van der Waals surface area contributed by atoms with Crippen molar-refractivity contribution in [2.24, 2.45) is 7.05 Å². The molecule has 102 valence electrons. The number of aryl methyl sites for hydroxylation is 1. The molecule has 0 saturated carbocycles. The van der Waals surface area contributed by atoms with E-state index in [0.717, 1.165) is 38.6 Å². The Morgan fingerprint density at radius 2 is 2.44 bits per heavy atom. The lowest BCUT2D eigenvalue weighted by atomic mass is 10.2. The Hall–Kier alpha value is -0.980. The van der Waals surface area contributed by atoms with E-state index in [2.05, 4.69) is 34.3 Å². The normalized spacial score (nSPS) is 23.2. The first kappa shape index (κ1) is 13.5. The third kappa shape index (κ3) is 3.28. The van der Waals surface area contributed by atoms with Crippen LogP contribution in [0.5, 0.6) is 0 Å². The van der Waals surface area contributed by atoms with Crippen LogP contribution in [0, 0.1) is 0 Å². The Morgan fingerprint density at radius 1 is 1.61 bits per heavy atom. The van der Waals surface area contributed by atoms with Gasteiger partial charge in [-0.05, 0) is 13.5 Å². The minimum Gasteiger partial charge on any atom is -0.374 e. The summed E-state index contributed by atoms with van der Waals surface area (Å²) in [7, 11) is 1.96. The minimum absolute atomic E-state index is 0.193. The second-order valence-electron chi connectivity index (χ2n) is 4.82. The molecule has 1 aliphatic rings. The zero-order valence-corrected chi connectivity index (χ0v) is 11.5.